The van der Waals surface area contributed by atoms with E-state index in [1.54, 1.807) is 48.7 Å². The van der Waals surface area contributed by atoms with Gasteiger partial charge in [0.15, 0.2) is 0 Å². The van der Waals surface area contributed by atoms with Gasteiger partial charge in [-0.05, 0) is 54.8 Å². The van der Waals surface area contributed by atoms with E-state index in [0.717, 1.165) is 0 Å². The Kier molecular flexibility index (Phi) is 8.44. The number of carbonyl (C=O) groups excluding carboxylic acids is 1. The van der Waals surface area contributed by atoms with Gasteiger partial charge in [-0.25, -0.2) is 14.6 Å². The van der Waals surface area contributed by atoms with E-state index in [0.29, 0.717) is 35.1 Å². The smallest absolute Gasteiger partial charge is 0.389 e. The number of aromatic amines is 1. The molecule has 4 aromatic rings. The van der Waals surface area contributed by atoms with Crippen LogP contribution in [0.4, 0.5) is 24.8 Å². The topological polar surface area (TPSA) is 145 Å². The molecule has 0 spiro atoms. The Morgan fingerprint density at radius 3 is 2.62 bits per heavy atom. The molecule has 0 bridgehead atoms. The third-order valence-corrected chi connectivity index (χ3v) is 9.57. The first-order valence-electron chi connectivity index (χ1n) is 12.4. The number of benzene rings is 1. The summed E-state index contributed by atoms with van der Waals surface area (Å²) in [5.74, 6) is -3.20. The fourth-order valence-corrected chi connectivity index (χ4v) is 6.88. The van der Waals surface area contributed by atoms with E-state index >= 15 is 0 Å². The Balaban J connectivity index is 1.44. The monoisotopic (exact) mass is 644 g/mol. The largest absolute Gasteiger partial charge is 0.493 e. The molecule has 17 heteroatoms. The molecule has 1 unspecified atom stereocenters. The first-order valence-corrected chi connectivity index (χ1v) is 14.4. The summed E-state index contributed by atoms with van der Waals surface area (Å²) < 4.78 is 57.0. The van der Waals surface area contributed by atoms with Crippen LogP contribution in [0.2, 0.25) is 10.0 Å². The van der Waals surface area contributed by atoms with Crippen molar-refractivity contribution in [3.8, 4) is 0 Å². The molecule has 1 aliphatic rings. The summed E-state index contributed by atoms with van der Waals surface area (Å²) in [6.45, 7) is 0. The summed E-state index contributed by atoms with van der Waals surface area (Å²) in [5.41, 5.74) is -0.519. The second-order valence-corrected chi connectivity index (χ2v) is 12.0. The number of pyridine rings is 1. The number of aromatic nitrogens is 5. The van der Waals surface area contributed by atoms with Gasteiger partial charge < -0.3 is 14.6 Å². The van der Waals surface area contributed by atoms with Gasteiger partial charge in [-0.15, -0.1) is 0 Å². The number of carbonyl (C=O) groups is 1. The molecule has 11 nitrogen and oxygen atoms in total. The van der Waals surface area contributed by atoms with E-state index in [4.69, 9.17) is 27.6 Å². The summed E-state index contributed by atoms with van der Waals surface area (Å²) in [7, 11) is -1.53. The highest BCUT2D eigenvalue weighted by molar-refractivity contribution is 7.85. The second kappa shape index (κ2) is 11.9. The predicted molar refractivity (Wildman–Crippen MR) is 145 cm³/mol. The molecule has 3 aromatic heterocycles. The normalized spacial score (nSPS) is 19.8. The summed E-state index contributed by atoms with van der Waals surface area (Å²) >= 11 is 12.4. The average molecular weight is 645 g/mol. The van der Waals surface area contributed by atoms with Crippen LogP contribution in [0.3, 0.4) is 0 Å². The fraction of sp³-hybridized carbons (Fsp3) is 0.320. The number of halogens is 5. The number of rotatable bonds is 8. The van der Waals surface area contributed by atoms with Crippen LogP contribution < -0.4 is 15.9 Å². The molecule has 42 heavy (non-hydrogen) atoms. The lowest BCUT2D eigenvalue weighted by atomic mass is 9.70. The minimum absolute atomic E-state index is 0.119. The van der Waals surface area contributed by atoms with E-state index < -0.39 is 34.1 Å². The van der Waals surface area contributed by atoms with Crippen molar-refractivity contribution < 1.29 is 31.4 Å². The number of nitrogens with one attached hydrogen (secondary N) is 2. The minimum atomic E-state index is -5.36. The molecule has 2 N–H and O–H groups in total. The molecule has 0 amide bonds. The molecule has 0 radical (unpaired) electrons. The lowest BCUT2D eigenvalue weighted by Crippen LogP contribution is -2.39. The number of H-pyrrole nitrogens is 1. The molecule has 1 fully saturated rings. The van der Waals surface area contributed by atoms with Gasteiger partial charge in [0.2, 0.25) is 5.89 Å². The second-order valence-electron chi connectivity index (χ2n) is 9.54. The maximum absolute atomic E-state index is 13.4. The van der Waals surface area contributed by atoms with Crippen molar-refractivity contribution in [1.29, 1.82) is 0 Å². The first kappa shape index (κ1) is 29.8. The highest BCUT2D eigenvalue weighted by Crippen LogP contribution is 2.44. The van der Waals surface area contributed by atoms with Gasteiger partial charge >= 0.3 is 17.9 Å². The van der Waals surface area contributed by atoms with Gasteiger partial charge in [0, 0.05) is 23.4 Å². The van der Waals surface area contributed by atoms with E-state index in [-0.39, 0.29) is 45.3 Å². The van der Waals surface area contributed by atoms with Gasteiger partial charge in [0.1, 0.15) is 11.6 Å². The van der Waals surface area contributed by atoms with Crippen LogP contribution in [0, 0.1) is 0 Å². The molecule has 0 aliphatic heterocycles. The number of hydrogen-bond acceptors (Lipinski definition) is 9. The van der Waals surface area contributed by atoms with Crippen LogP contribution in [0.15, 0.2) is 62.8 Å². The van der Waals surface area contributed by atoms with Crippen molar-refractivity contribution in [2.75, 3.05) is 5.32 Å². The first-order chi connectivity index (χ1) is 19.9. The third kappa shape index (κ3) is 6.37. The number of hydrogen-bond donors (Lipinski definition) is 2. The van der Waals surface area contributed by atoms with E-state index in [2.05, 4.69) is 30.4 Å². The van der Waals surface area contributed by atoms with Crippen molar-refractivity contribution in [3.05, 3.63) is 80.8 Å². The Morgan fingerprint density at radius 2 is 1.93 bits per heavy atom. The number of alkyl halides is 3. The molecule has 3 heterocycles. The predicted octanol–water partition coefficient (Wildman–Crippen LogP) is 4.75. The van der Waals surface area contributed by atoms with Gasteiger partial charge in [-0.2, -0.15) is 18.3 Å². The lowest BCUT2D eigenvalue weighted by molar-refractivity contribution is -0.202. The van der Waals surface area contributed by atoms with Crippen LogP contribution in [0.5, 0.6) is 0 Å². The molecule has 0 saturated heterocycles. The molecule has 1 saturated carbocycles. The Hall–Kier alpha value is -3.69. The van der Waals surface area contributed by atoms with Crippen molar-refractivity contribution in [2.45, 2.75) is 53.8 Å². The van der Waals surface area contributed by atoms with Gasteiger partial charge in [-0.3, -0.25) is 9.31 Å². The fourth-order valence-electron chi connectivity index (χ4n) is 4.77. The number of nitrogens with zero attached hydrogens (tertiary/aromatic N) is 4. The van der Waals surface area contributed by atoms with Gasteiger partial charge in [0.25, 0.3) is 0 Å². The van der Waals surface area contributed by atoms with Crippen LogP contribution in [-0.4, -0.2) is 46.7 Å². The third-order valence-electron chi connectivity index (χ3n) is 6.79. The zero-order chi connectivity index (χ0) is 30.1. The highest BCUT2D eigenvalue weighted by atomic mass is 35.5. The average Bonchev–Trinajstić information content (AvgIpc) is 3.60. The van der Waals surface area contributed by atoms with Gasteiger partial charge in [-0.1, -0.05) is 40.4 Å². The molecule has 222 valence electrons. The standard InChI is InChI=1S/C25H21Cl2F3N6O5S/c26-16-4-2-5-17(20(16)27)42(39)15-7-10-24(11-8-15,21-35-36(23(38)40-21)41-22(37)25(28,29)30)13-14-3-1-6-18(32-14)33-19-9-12-31-34-19/h1-6,9,12,15H,7-8,10-11,13H2,(H2,31,32,33,34). The summed E-state index contributed by atoms with van der Waals surface area (Å²) in [5, 5.41) is 13.6. The van der Waals surface area contributed by atoms with Crippen molar-refractivity contribution in [3.63, 3.8) is 0 Å². The van der Waals surface area contributed by atoms with Crippen molar-refractivity contribution >= 4 is 51.6 Å². The summed E-state index contributed by atoms with van der Waals surface area (Å²) in [6.07, 6.45) is -2.43. The zero-order valence-corrected chi connectivity index (χ0v) is 23.7. The molecule has 1 aromatic carbocycles. The molecular weight excluding hydrogens is 624 g/mol. The highest BCUT2D eigenvalue weighted by Gasteiger charge is 2.46. The van der Waals surface area contributed by atoms with Gasteiger partial charge in [0.05, 0.1) is 37.4 Å². The van der Waals surface area contributed by atoms with Crippen molar-refractivity contribution in [1.82, 2.24) is 25.1 Å². The summed E-state index contributed by atoms with van der Waals surface area (Å²) in [4.78, 5) is 32.7. The van der Waals surface area contributed by atoms with E-state index in [1.165, 1.54) is 0 Å². The Morgan fingerprint density at radius 1 is 1.19 bits per heavy atom. The molecular formula is C25H21Cl2F3N6O5S. The Bertz CT molecular complexity index is 1670. The Labute approximate surface area is 247 Å². The van der Waals surface area contributed by atoms with E-state index in [1.807, 2.05) is 0 Å². The van der Waals surface area contributed by atoms with Crippen molar-refractivity contribution in [2.24, 2.45) is 0 Å². The van der Waals surface area contributed by atoms with Crippen LogP contribution in [-0.2, 0) is 27.4 Å². The molecule has 1 atom stereocenters. The lowest BCUT2D eigenvalue weighted by Gasteiger charge is -2.37. The quantitative estimate of drug-likeness (QED) is 0.277. The number of anilines is 2. The van der Waals surface area contributed by atoms with Crippen LogP contribution >= 0.6 is 23.2 Å². The SMILES string of the molecule is O=C(On1nc(C2(Cc3cccc(Nc4ccn[nH]4)n3)CCC(S(=O)c3cccc(Cl)c3Cl)CC2)oc1=O)C(F)(F)F. The molecule has 5 rings (SSSR count). The maximum atomic E-state index is 13.4. The zero-order valence-electron chi connectivity index (χ0n) is 21.4. The van der Waals surface area contributed by atoms with E-state index in [9.17, 15) is 27.0 Å². The maximum Gasteiger partial charge on any atom is 0.493 e. The van der Waals surface area contributed by atoms with Crippen LogP contribution in [0.1, 0.15) is 37.3 Å². The molecule has 1 aliphatic carbocycles. The summed E-state index contributed by atoms with van der Waals surface area (Å²) in [6, 6.07) is 11.8. The minimum Gasteiger partial charge on any atom is -0.389 e. The van der Waals surface area contributed by atoms with Crippen LogP contribution in [0.25, 0.3) is 0 Å².